The van der Waals surface area contributed by atoms with Gasteiger partial charge in [-0.05, 0) is 37.6 Å². The molecule has 9 heteroatoms. The van der Waals surface area contributed by atoms with Crippen LogP contribution in [0, 0.1) is 6.92 Å². The lowest BCUT2D eigenvalue weighted by Crippen LogP contribution is -2.07. The minimum absolute atomic E-state index is 0.310. The molecule has 33 heavy (non-hydrogen) atoms. The summed E-state index contributed by atoms with van der Waals surface area (Å²) in [5.41, 5.74) is 3.23. The molecule has 7 nitrogen and oxygen atoms in total. The van der Waals surface area contributed by atoms with E-state index in [1.807, 2.05) is 53.8 Å². The van der Waals surface area contributed by atoms with E-state index < -0.39 is 0 Å². The van der Waals surface area contributed by atoms with Crippen molar-refractivity contribution in [3.05, 3.63) is 63.6 Å². The fourth-order valence-electron chi connectivity index (χ4n) is 3.56. The van der Waals surface area contributed by atoms with Gasteiger partial charge in [-0.1, -0.05) is 41.1 Å². The van der Waals surface area contributed by atoms with Crippen LogP contribution < -0.4 is 14.8 Å². The summed E-state index contributed by atoms with van der Waals surface area (Å²) in [4.78, 5) is 18.5. The number of aromatic nitrogens is 2. The number of ether oxygens (including phenoxy) is 3. The first-order chi connectivity index (χ1) is 16.0. The van der Waals surface area contributed by atoms with Crippen LogP contribution in [0.2, 0.25) is 5.02 Å². The Bertz CT molecular complexity index is 1290. The molecule has 2 aromatic carbocycles. The Morgan fingerprint density at radius 3 is 2.48 bits per heavy atom. The molecule has 4 rings (SSSR count). The fourth-order valence-corrected chi connectivity index (χ4v) is 4.78. The van der Waals surface area contributed by atoms with Crippen LogP contribution in [0.15, 0.2) is 42.5 Å². The number of esters is 1. The summed E-state index contributed by atoms with van der Waals surface area (Å²) in [6.45, 7) is 4.46. The molecule has 0 bridgehead atoms. The molecule has 2 aromatic heterocycles. The third kappa shape index (κ3) is 4.49. The van der Waals surface area contributed by atoms with Gasteiger partial charge in [0.15, 0.2) is 4.96 Å². The molecule has 0 unspecified atom stereocenters. The van der Waals surface area contributed by atoms with Crippen LogP contribution in [0.4, 0.5) is 5.82 Å². The highest BCUT2D eigenvalue weighted by Crippen LogP contribution is 2.38. The van der Waals surface area contributed by atoms with Crippen LogP contribution in [-0.2, 0) is 11.3 Å². The molecule has 2 heterocycles. The lowest BCUT2D eigenvalue weighted by molar-refractivity contribution is 0.0531. The van der Waals surface area contributed by atoms with Gasteiger partial charge in [-0.25, -0.2) is 9.78 Å². The number of thiazole rings is 1. The van der Waals surface area contributed by atoms with Crippen molar-refractivity contribution in [2.75, 3.05) is 26.1 Å². The second-order valence-corrected chi connectivity index (χ2v) is 8.60. The number of carbonyl (C=O) groups is 1. The molecule has 0 saturated heterocycles. The Balaban J connectivity index is 1.86. The Morgan fingerprint density at radius 2 is 1.85 bits per heavy atom. The van der Waals surface area contributed by atoms with Crippen molar-refractivity contribution in [1.29, 1.82) is 0 Å². The molecule has 0 spiro atoms. The molecule has 0 aliphatic heterocycles. The lowest BCUT2D eigenvalue weighted by atomic mass is 10.1. The Kier molecular flexibility index (Phi) is 6.76. The van der Waals surface area contributed by atoms with Crippen molar-refractivity contribution < 1.29 is 19.0 Å². The molecular formula is C24H24ClN3O4S. The average molecular weight is 486 g/mol. The smallest absolute Gasteiger partial charge is 0.350 e. The Labute approximate surface area is 200 Å². The van der Waals surface area contributed by atoms with E-state index in [0.717, 1.165) is 22.6 Å². The predicted octanol–water partition coefficient (Wildman–Crippen LogP) is 5.83. The zero-order chi connectivity index (χ0) is 23.5. The first-order valence-corrected chi connectivity index (χ1v) is 11.6. The van der Waals surface area contributed by atoms with Crippen molar-refractivity contribution in [3.8, 4) is 22.8 Å². The summed E-state index contributed by atoms with van der Waals surface area (Å²) in [6.07, 6.45) is 0. The van der Waals surface area contributed by atoms with Crippen molar-refractivity contribution in [2.24, 2.45) is 0 Å². The maximum Gasteiger partial charge on any atom is 0.350 e. The van der Waals surface area contributed by atoms with Crippen molar-refractivity contribution in [2.45, 2.75) is 20.4 Å². The molecule has 0 aliphatic carbocycles. The summed E-state index contributed by atoms with van der Waals surface area (Å²) in [6, 6.07) is 13.3. The average Bonchev–Trinajstić information content (AvgIpc) is 3.35. The number of nitrogens with zero attached hydrogens (tertiary/aromatic N) is 2. The summed E-state index contributed by atoms with van der Waals surface area (Å²) < 4.78 is 18.1. The molecule has 0 aliphatic rings. The number of benzene rings is 2. The molecule has 0 fully saturated rings. The van der Waals surface area contributed by atoms with E-state index >= 15 is 0 Å². The van der Waals surface area contributed by atoms with E-state index in [9.17, 15) is 4.79 Å². The lowest BCUT2D eigenvalue weighted by Gasteiger charge is -2.12. The summed E-state index contributed by atoms with van der Waals surface area (Å²) in [5, 5.41) is 4.15. The number of methoxy groups -OCH3 is 2. The minimum atomic E-state index is -0.354. The van der Waals surface area contributed by atoms with Crippen molar-refractivity contribution in [3.63, 3.8) is 0 Å². The maximum atomic E-state index is 12.5. The number of nitrogens with one attached hydrogen (secondary N) is 1. The van der Waals surface area contributed by atoms with Crippen LogP contribution in [0.1, 0.15) is 27.9 Å². The first-order valence-electron chi connectivity index (χ1n) is 10.4. The molecule has 1 N–H and O–H groups in total. The molecule has 172 valence electrons. The number of anilines is 1. The van der Waals surface area contributed by atoms with Crippen LogP contribution in [0.5, 0.6) is 11.5 Å². The number of imidazole rings is 1. The molecule has 0 saturated carbocycles. The number of hydrogen-bond acceptors (Lipinski definition) is 7. The SMILES string of the molecule is CCOC(=O)c1sc2nc(-c3cc(OC)cc(OC)c3)c(NCc3ccccc3Cl)n2c1C. The standard InChI is InChI=1S/C24H24ClN3O4S/c1-5-32-23(29)21-14(2)28-22(26-13-15-8-6-7-9-19(15)25)20(27-24(28)33-21)16-10-17(30-3)12-18(11-16)31-4/h6-12,26H,5,13H2,1-4H3. The highest BCUT2D eigenvalue weighted by atomic mass is 35.5. The van der Waals surface area contributed by atoms with Crippen LogP contribution in [-0.4, -0.2) is 36.2 Å². The predicted molar refractivity (Wildman–Crippen MR) is 131 cm³/mol. The van der Waals surface area contributed by atoms with E-state index in [1.54, 1.807) is 21.1 Å². The number of carbonyl (C=O) groups excluding carboxylic acids is 1. The third-order valence-corrected chi connectivity index (χ3v) is 6.69. The van der Waals surface area contributed by atoms with E-state index in [4.69, 9.17) is 30.8 Å². The third-order valence-electron chi connectivity index (χ3n) is 5.19. The van der Waals surface area contributed by atoms with Gasteiger partial charge in [0.05, 0.1) is 20.8 Å². The molecule has 0 atom stereocenters. The van der Waals surface area contributed by atoms with Gasteiger partial charge in [0, 0.05) is 28.9 Å². The highest BCUT2D eigenvalue weighted by Gasteiger charge is 2.24. The van der Waals surface area contributed by atoms with E-state index in [0.29, 0.717) is 45.2 Å². The van der Waals surface area contributed by atoms with Gasteiger partial charge in [-0.2, -0.15) is 0 Å². The van der Waals surface area contributed by atoms with E-state index in [2.05, 4.69) is 5.32 Å². The van der Waals surface area contributed by atoms with Crippen LogP contribution >= 0.6 is 22.9 Å². The van der Waals surface area contributed by atoms with Crippen LogP contribution in [0.25, 0.3) is 16.2 Å². The zero-order valence-electron chi connectivity index (χ0n) is 18.8. The second-order valence-electron chi connectivity index (χ2n) is 7.21. The number of hydrogen-bond donors (Lipinski definition) is 1. The molecule has 0 radical (unpaired) electrons. The van der Waals surface area contributed by atoms with Gasteiger partial charge in [0.2, 0.25) is 0 Å². The van der Waals surface area contributed by atoms with E-state index in [1.165, 1.54) is 11.3 Å². The van der Waals surface area contributed by atoms with Gasteiger partial charge >= 0.3 is 5.97 Å². The normalized spacial score (nSPS) is 10.9. The Hall–Kier alpha value is -3.23. The highest BCUT2D eigenvalue weighted by molar-refractivity contribution is 7.19. The molecular weight excluding hydrogens is 462 g/mol. The maximum absolute atomic E-state index is 12.5. The van der Waals surface area contributed by atoms with Gasteiger partial charge < -0.3 is 19.5 Å². The van der Waals surface area contributed by atoms with Gasteiger partial charge in [-0.3, -0.25) is 4.40 Å². The number of halogens is 1. The topological polar surface area (TPSA) is 74.1 Å². The van der Waals surface area contributed by atoms with Crippen molar-refractivity contribution >= 4 is 39.7 Å². The Morgan fingerprint density at radius 1 is 1.15 bits per heavy atom. The van der Waals surface area contributed by atoms with Crippen molar-refractivity contribution in [1.82, 2.24) is 9.38 Å². The second kappa shape index (κ2) is 9.72. The van der Waals surface area contributed by atoms with Gasteiger partial charge in [-0.15, -0.1) is 0 Å². The summed E-state index contributed by atoms with van der Waals surface area (Å²) in [5.74, 6) is 1.69. The number of aryl methyl sites for hydroxylation is 1. The first kappa shape index (κ1) is 22.9. The monoisotopic (exact) mass is 485 g/mol. The summed E-state index contributed by atoms with van der Waals surface area (Å²) >= 11 is 7.67. The van der Waals surface area contributed by atoms with Crippen LogP contribution in [0.3, 0.4) is 0 Å². The summed E-state index contributed by atoms with van der Waals surface area (Å²) in [7, 11) is 3.22. The number of rotatable bonds is 8. The molecule has 4 aromatic rings. The minimum Gasteiger partial charge on any atom is -0.497 e. The van der Waals surface area contributed by atoms with E-state index in [-0.39, 0.29) is 5.97 Å². The quantitative estimate of drug-likeness (QED) is 0.316. The van der Waals surface area contributed by atoms with Gasteiger partial charge in [0.25, 0.3) is 0 Å². The zero-order valence-corrected chi connectivity index (χ0v) is 20.3. The van der Waals surface area contributed by atoms with Gasteiger partial charge in [0.1, 0.15) is 27.9 Å². The fraction of sp³-hybridized carbons (Fsp3) is 0.250. The largest absolute Gasteiger partial charge is 0.497 e. The number of fused-ring (bicyclic) bond motifs is 1. The molecule has 0 amide bonds.